The lowest BCUT2D eigenvalue weighted by Gasteiger charge is -1.91. The van der Waals surface area contributed by atoms with Crippen molar-refractivity contribution >= 4 is 11.6 Å². The summed E-state index contributed by atoms with van der Waals surface area (Å²) in [5, 5.41) is 6.06. The fourth-order valence-corrected chi connectivity index (χ4v) is 0.821. The van der Waals surface area contributed by atoms with E-state index in [4.69, 9.17) is 0 Å². The molecule has 0 amide bonds. The third-order valence-electron chi connectivity index (χ3n) is 1.37. The Bertz CT molecular complexity index is 273. The number of hydrogen-bond acceptors (Lipinski definition) is 3. The fraction of sp³-hybridized carbons (Fsp3) is 0.286. The van der Waals surface area contributed by atoms with Gasteiger partial charge in [-0.15, -0.1) is 0 Å². The number of nitrogens with zero attached hydrogens (tertiary/aromatic N) is 1. The van der Waals surface area contributed by atoms with Crippen LogP contribution in [0.1, 0.15) is 34.7 Å². The first kappa shape index (κ1) is 7.65. The molecule has 1 N–H and O–H groups in total. The van der Waals surface area contributed by atoms with Crippen LogP contribution in [-0.2, 0) is 0 Å². The highest BCUT2D eigenvalue weighted by Crippen LogP contribution is 2.05. The van der Waals surface area contributed by atoms with Gasteiger partial charge in [-0.05, 0) is 6.92 Å². The number of rotatable bonds is 2. The molecular formula is C7H8N2O2. The number of carbonyl (C=O) groups is 2. The zero-order valence-corrected chi connectivity index (χ0v) is 6.34. The van der Waals surface area contributed by atoms with Crippen molar-refractivity contribution in [2.75, 3.05) is 0 Å². The Morgan fingerprint density at radius 1 is 1.36 bits per heavy atom. The van der Waals surface area contributed by atoms with Crippen LogP contribution in [0.3, 0.4) is 0 Å². The third-order valence-corrected chi connectivity index (χ3v) is 1.37. The van der Waals surface area contributed by atoms with Gasteiger partial charge in [0.15, 0.2) is 11.6 Å². The quantitative estimate of drug-likeness (QED) is 0.638. The predicted molar refractivity (Wildman–Crippen MR) is 38.6 cm³/mol. The van der Waals surface area contributed by atoms with E-state index in [1.54, 1.807) is 0 Å². The third kappa shape index (κ3) is 1.34. The summed E-state index contributed by atoms with van der Waals surface area (Å²) in [5.41, 5.74) is 0.648. The average Bonchev–Trinajstić information content (AvgIpc) is 2.32. The maximum atomic E-state index is 10.8. The molecule has 0 radical (unpaired) electrons. The molecule has 0 aliphatic carbocycles. The summed E-state index contributed by atoms with van der Waals surface area (Å²) in [5.74, 6) is -0.323. The van der Waals surface area contributed by atoms with E-state index in [-0.39, 0.29) is 17.3 Å². The van der Waals surface area contributed by atoms with E-state index in [1.165, 1.54) is 20.0 Å². The summed E-state index contributed by atoms with van der Waals surface area (Å²) in [7, 11) is 0. The van der Waals surface area contributed by atoms with Crippen LogP contribution in [0.25, 0.3) is 0 Å². The molecular weight excluding hydrogens is 144 g/mol. The first-order valence-electron chi connectivity index (χ1n) is 3.18. The molecule has 0 unspecified atom stereocenters. The predicted octanol–water partition coefficient (Wildman–Crippen LogP) is 0.815. The number of aromatic nitrogens is 2. The van der Waals surface area contributed by atoms with E-state index >= 15 is 0 Å². The summed E-state index contributed by atoms with van der Waals surface area (Å²) in [6.07, 6.45) is 1.36. The lowest BCUT2D eigenvalue weighted by atomic mass is 10.1. The van der Waals surface area contributed by atoms with Crippen LogP contribution in [0.5, 0.6) is 0 Å². The van der Waals surface area contributed by atoms with Crippen LogP contribution in [0, 0.1) is 0 Å². The molecule has 1 aromatic heterocycles. The van der Waals surface area contributed by atoms with Gasteiger partial charge in [0.25, 0.3) is 0 Å². The number of H-pyrrole nitrogens is 1. The van der Waals surface area contributed by atoms with E-state index < -0.39 is 0 Å². The van der Waals surface area contributed by atoms with Gasteiger partial charge >= 0.3 is 0 Å². The monoisotopic (exact) mass is 152 g/mol. The summed E-state index contributed by atoms with van der Waals surface area (Å²) in [6, 6.07) is 0. The molecule has 11 heavy (non-hydrogen) atoms. The topological polar surface area (TPSA) is 62.8 Å². The zero-order chi connectivity index (χ0) is 8.43. The molecule has 0 fully saturated rings. The Morgan fingerprint density at radius 2 is 2.00 bits per heavy atom. The van der Waals surface area contributed by atoms with Crippen LogP contribution in [-0.4, -0.2) is 21.8 Å². The SMILES string of the molecule is CC(=O)c1cn[nH]c1C(C)=O. The Hall–Kier alpha value is -1.45. The van der Waals surface area contributed by atoms with E-state index in [1.807, 2.05) is 0 Å². The van der Waals surface area contributed by atoms with Gasteiger partial charge in [0.05, 0.1) is 11.8 Å². The van der Waals surface area contributed by atoms with Crippen LogP contribution in [0.4, 0.5) is 0 Å². The molecule has 0 spiro atoms. The van der Waals surface area contributed by atoms with Gasteiger partial charge in [-0.3, -0.25) is 14.7 Å². The van der Waals surface area contributed by atoms with E-state index in [9.17, 15) is 9.59 Å². The van der Waals surface area contributed by atoms with Gasteiger partial charge in [-0.2, -0.15) is 5.10 Å². The number of Topliss-reactive ketones (excluding diaryl/α,β-unsaturated/α-hetero) is 2. The summed E-state index contributed by atoms with van der Waals surface area (Å²) >= 11 is 0. The summed E-state index contributed by atoms with van der Waals surface area (Å²) < 4.78 is 0. The molecule has 0 saturated carbocycles. The number of hydrogen-bond donors (Lipinski definition) is 1. The lowest BCUT2D eigenvalue weighted by Crippen LogP contribution is -2.01. The minimum atomic E-state index is -0.173. The second-order valence-electron chi connectivity index (χ2n) is 2.27. The van der Waals surface area contributed by atoms with E-state index in [0.29, 0.717) is 5.56 Å². The average molecular weight is 152 g/mol. The van der Waals surface area contributed by atoms with Gasteiger partial charge < -0.3 is 0 Å². The van der Waals surface area contributed by atoms with Gasteiger partial charge in [0.2, 0.25) is 0 Å². The Labute approximate surface area is 63.6 Å². The first-order valence-corrected chi connectivity index (χ1v) is 3.18. The number of ketones is 2. The van der Waals surface area contributed by atoms with Crippen molar-refractivity contribution in [2.24, 2.45) is 0 Å². The Kier molecular flexibility index (Phi) is 1.85. The standard InChI is InChI=1S/C7H8N2O2/c1-4(10)6-3-8-9-7(6)5(2)11/h3H,1-2H3,(H,8,9). The summed E-state index contributed by atoms with van der Waals surface area (Å²) in [6.45, 7) is 2.79. The summed E-state index contributed by atoms with van der Waals surface area (Å²) in [4.78, 5) is 21.6. The highest BCUT2D eigenvalue weighted by atomic mass is 16.1. The van der Waals surface area contributed by atoms with Gasteiger partial charge in [0.1, 0.15) is 5.69 Å². The van der Waals surface area contributed by atoms with Crippen molar-refractivity contribution < 1.29 is 9.59 Å². The molecule has 0 aromatic carbocycles. The van der Waals surface area contributed by atoms with Crippen molar-refractivity contribution in [1.29, 1.82) is 0 Å². The second-order valence-corrected chi connectivity index (χ2v) is 2.27. The van der Waals surface area contributed by atoms with Gasteiger partial charge in [-0.25, -0.2) is 0 Å². The van der Waals surface area contributed by atoms with Crippen LogP contribution in [0.2, 0.25) is 0 Å². The number of nitrogens with one attached hydrogen (secondary N) is 1. The molecule has 0 bridgehead atoms. The van der Waals surface area contributed by atoms with E-state index in [0.717, 1.165) is 0 Å². The molecule has 1 rings (SSSR count). The molecule has 1 aromatic rings. The van der Waals surface area contributed by atoms with E-state index in [2.05, 4.69) is 10.2 Å². The molecule has 58 valence electrons. The molecule has 4 heteroatoms. The van der Waals surface area contributed by atoms with Crippen LogP contribution < -0.4 is 0 Å². The van der Waals surface area contributed by atoms with Crippen molar-refractivity contribution in [1.82, 2.24) is 10.2 Å². The molecule has 0 saturated heterocycles. The fourth-order valence-electron chi connectivity index (χ4n) is 0.821. The van der Waals surface area contributed by atoms with Crippen LogP contribution in [0.15, 0.2) is 6.20 Å². The normalized spacial score (nSPS) is 9.64. The Balaban J connectivity index is 3.16. The lowest BCUT2D eigenvalue weighted by molar-refractivity contribution is 0.0978. The molecule has 0 atom stereocenters. The molecule has 1 heterocycles. The highest BCUT2D eigenvalue weighted by Gasteiger charge is 2.12. The number of carbonyl (C=O) groups excluding carboxylic acids is 2. The van der Waals surface area contributed by atoms with Gasteiger partial charge in [-0.1, -0.05) is 0 Å². The minimum absolute atomic E-state index is 0.149. The second kappa shape index (κ2) is 2.65. The van der Waals surface area contributed by atoms with Crippen molar-refractivity contribution in [3.63, 3.8) is 0 Å². The van der Waals surface area contributed by atoms with Crippen molar-refractivity contribution in [2.45, 2.75) is 13.8 Å². The molecule has 0 aliphatic heterocycles. The van der Waals surface area contributed by atoms with Crippen molar-refractivity contribution in [3.8, 4) is 0 Å². The maximum Gasteiger partial charge on any atom is 0.178 e. The minimum Gasteiger partial charge on any atom is -0.294 e. The number of aromatic amines is 1. The van der Waals surface area contributed by atoms with Gasteiger partial charge in [0, 0.05) is 6.92 Å². The maximum absolute atomic E-state index is 10.8. The highest BCUT2D eigenvalue weighted by molar-refractivity contribution is 6.05. The van der Waals surface area contributed by atoms with Crippen LogP contribution >= 0.6 is 0 Å². The molecule has 4 nitrogen and oxygen atoms in total. The Morgan fingerprint density at radius 3 is 2.36 bits per heavy atom. The zero-order valence-electron chi connectivity index (χ0n) is 6.34. The molecule has 0 aliphatic rings. The van der Waals surface area contributed by atoms with Crippen molar-refractivity contribution in [3.05, 3.63) is 17.5 Å². The smallest absolute Gasteiger partial charge is 0.178 e. The largest absolute Gasteiger partial charge is 0.294 e. The first-order chi connectivity index (χ1) is 5.13.